The molecule has 5 heterocycles. The molecule has 5 aliphatic rings. The zero-order valence-electron chi connectivity index (χ0n) is 26.4. The van der Waals surface area contributed by atoms with Gasteiger partial charge in [-0.25, -0.2) is 9.59 Å². The Kier molecular flexibility index (Phi) is 9.30. The molecular weight excluding hydrogens is 602 g/mol. The molecule has 46 heavy (non-hydrogen) atoms. The van der Waals surface area contributed by atoms with Crippen molar-refractivity contribution < 1.29 is 33.1 Å². The summed E-state index contributed by atoms with van der Waals surface area (Å²) in [7, 11) is 0. The van der Waals surface area contributed by atoms with E-state index in [1.54, 1.807) is 0 Å². The van der Waals surface area contributed by atoms with E-state index in [9.17, 15) is 14.4 Å². The number of thioether (sulfide) groups is 1. The van der Waals surface area contributed by atoms with Crippen molar-refractivity contribution in [2.75, 3.05) is 25.6 Å². The number of benzene rings is 2. The number of esters is 2. The number of nitrogens with zero attached hydrogens (tertiary/aromatic N) is 1. The number of amides is 2. The second kappa shape index (κ2) is 13.6. The van der Waals surface area contributed by atoms with Crippen molar-refractivity contribution in [2.45, 2.75) is 105 Å². The smallest absolute Gasteiger partial charge is 0.348 e. The number of carbonyl (C=O) groups excluding carboxylic acids is 3. The zero-order chi connectivity index (χ0) is 31.6. The first-order valence-corrected chi connectivity index (χ1v) is 18.2. The van der Waals surface area contributed by atoms with Gasteiger partial charge in [0.1, 0.15) is 6.10 Å². The van der Waals surface area contributed by atoms with Gasteiger partial charge in [0.25, 0.3) is 0 Å². The van der Waals surface area contributed by atoms with Gasteiger partial charge in [-0.15, -0.1) is 0 Å². The SMILES string of the molecule is O=C1N[C@H]2[C@H](CS[C@H]2CCCCC(=O)OCOC(C(=O)OC2CC3CCC(C2)[N+]32CCCC2)(c2ccccc2)c2ccccc2)N1. The van der Waals surface area contributed by atoms with Crippen molar-refractivity contribution in [3.63, 3.8) is 0 Å². The first-order valence-electron chi connectivity index (χ1n) is 17.1. The van der Waals surface area contributed by atoms with Gasteiger partial charge in [-0.05, 0) is 24.0 Å². The predicted octanol–water partition coefficient (Wildman–Crippen LogP) is 5.02. The fourth-order valence-corrected chi connectivity index (χ4v) is 10.6. The summed E-state index contributed by atoms with van der Waals surface area (Å²) in [4.78, 5) is 38.9. The Hall–Kier alpha value is -3.08. The van der Waals surface area contributed by atoms with Gasteiger partial charge in [0.05, 0.1) is 37.3 Å². The number of carbonyl (C=O) groups is 3. The predicted molar refractivity (Wildman–Crippen MR) is 175 cm³/mol. The summed E-state index contributed by atoms with van der Waals surface area (Å²) in [6.07, 6.45) is 9.37. The quantitative estimate of drug-likeness (QED) is 0.110. The third-order valence-corrected chi connectivity index (χ3v) is 12.7. The van der Waals surface area contributed by atoms with Crippen LogP contribution in [0.3, 0.4) is 0 Å². The average Bonchev–Trinajstić information content (AvgIpc) is 3.83. The number of urea groups is 1. The summed E-state index contributed by atoms with van der Waals surface area (Å²) < 4.78 is 19.7. The van der Waals surface area contributed by atoms with E-state index in [0.717, 1.165) is 31.4 Å². The van der Waals surface area contributed by atoms with Crippen molar-refractivity contribution in [3.05, 3.63) is 71.8 Å². The van der Waals surface area contributed by atoms with Crippen LogP contribution in [-0.4, -0.2) is 83.6 Å². The summed E-state index contributed by atoms with van der Waals surface area (Å²) in [5, 5.41) is 6.34. The molecule has 1 spiro atoms. The van der Waals surface area contributed by atoms with Crippen LogP contribution in [-0.2, 0) is 29.4 Å². The van der Waals surface area contributed by atoms with E-state index in [-0.39, 0.29) is 43.4 Å². The van der Waals surface area contributed by atoms with Gasteiger partial charge in [-0.1, -0.05) is 67.1 Å². The zero-order valence-corrected chi connectivity index (χ0v) is 27.3. The van der Waals surface area contributed by atoms with Gasteiger partial charge in [-0.3, -0.25) is 4.79 Å². The lowest BCUT2D eigenvalue weighted by Crippen LogP contribution is -2.60. The van der Waals surface area contributed by atoms with Gasteiger partial charge < -0.3 is 29.3 Å². The Morgan fingerprint density at radius 3 is 2.20 bits per heavy atom. The Balaban J connectivity index is 1.00. The molecule has 0 aromatic heterocycles. The number of fused-ring (bicyclic) bond motifs is 1. The topological polar surface area (TPSA) is 103 Å². The Bertz CT molecular complexity index is 1330. The third kappa shape index (κ3) is 6.04. The number of ether oxygens (including phenoxy) is 3. The molecule has 2 N–H and O–H groups in total. The van der Waals surface area contributed by atoms with Gasteiger partial charge in [-0.2, -0.15) is 11.8 Å². The number of piperidine rings is 1. The summed E-state index contributed by atoms with van der Waals surface area (Å²) in [6.45, 7) is 2.16. The van der Waals surface area contributed by atoms with E-state index in [2.05, 4.69) is 10.6 Å². The van der Waals surface area contributed by atoms with Crippen molar-refractivity contribution in [2.24, 2.45) is 0 Å². The minimum absolute atomic E-state index is 0.0857. The Labute approximate surface area is 275 Å². The molecule has 5 saturated heterocycles. The number of rotatable bonds is 12. The Morgan fingerprint density at radius 1 is 0.891 bits per heavy atom. The van der Waals surface area contributed by atoms with Crippen LogP contribution in [0.5, 0.6) is 0 Å². The first-order chi connectivity index (χ1) is 22.5. The molecule has 2 unspecified atom stereocenters. The molecule has 2 bridgehead atoms. The summed E-state index contributed by atoms with van der Waals surface area (Å²) >= 11 is 1.87. The minimum Gasteiger partial charge on any atom is -0.459 e. The van der Waals surface area contributed by atoms with Crippen LogP contribution in [0.1, 0.15) is 75.3 Å². The van der Waals surface area contributed by atoms with Crippen LogP contribution < -0.4 is 10.6 Å². The number of quaternary nitrogens is 1. The van der Waals surface area contributed by atoms with Crippen molar-refractivity contribution >= 4 is 29.7 Å². The summed E-state index contributed by atoms with van der Waals surface area (Å²) in [5.41, 5.74) is -0.287. The first kappa shape index (κ1) is 31.5. The van der Waals surface area contributed by atoms with Gasteiger partial charge in [0, 0.05) is 55.9 Å². The normalized spacial score (nSPS) is 29.3. The maximum Gasteiger partial charge on any atom is 0.348 e. The largest absolute Gasteiger partial charge is 0.459 e. The van der Waals surface area contributed by atoms with Crippen molar-refractivity contribution in [1.29, 1.82) is 0 Å². The van der Waals surface area contributed by atoms with Crippen LogP contribution >= 0.6 is 11.8 Å². The van der Waals surface area contributed by atoms with E-state index in [1.807, 2.05) is 72.4 Å². The van der Waals surface area contributed by atoms with Crippen LogP contribution in [0.25, 0.3) is 0 Å². The van der Waals surface area contributed by atoms with Crippen LogP contribution in [0.15, 0.2) is 60.7 Å². The van der Waals surface area contributed by atoms with Crippen LogP contribution in [0, 0.1) is 0 Å². The molecule has 2 aromatic rings. The highest BCUT2D eigenvalue weighted by atomic mass is 32.2. The van der Waals surface area contributed by atoms with Crippen LogP contribution in [0.2, 0.25) is 0 Å². The van der Waals surface area contributed by atoms with Gasteiger partial charge in [0.2, 0.25) is 5.60 Å². The van der Waals surface area contributed by atoms with E-state index >= 15 is 0 Å². The maximum atomic E-state index is 14.5. The molecule has 7 rings (SSSR count). The fourth-order valence-electron chi connectivity index (χ4n) is 9.03. The molecule has 5 aliphatic heterocycles. The van der Waals surface area contributed by atoms with E-state index in [1.165, 1.54) is 43.3 Å². The van der Waals surface area contributed by atoms with E-state index < -0.39 is 11.6 Å². The fraction of sp³-hybridized carbons (Fsp3) is 0.583. The second-order valence-corrected chi connectivity index (χ2v) is 15.0. The highest BCUT2D eigenvalue weighted by Gasteiger charge is 2.57. The molecule has 246 valence electrons. The Morgan fingerprint density at radius 2 is 1.54 bits per heavy atom. The minimum atomic E-state index is -1.57. The molecule has 0 radical (unpaired) electrons. The number of hydrogen-bond acceptors (Lipinski definition) is 7. The molecule has 5 atom stereocenters. The highest BCUT2D eigenvalue weighted by Crippen LogP contribution is 2.47. The van der Waals surface area contributed by atoms with Gasteiger partial charge in [0.15, 0.2) is 6.79 Å². The summed E-state index contributed by atoms with van der Waals surface area (Å²) in [5.74, 6) is 0.100. The molecule has 0 saturated carbocycles. The standard InChI is InChI=1S/C36H45N3O6S/c40-32(16-8-7-15-31-33-30(23-46-31)37-35(42)38-33)43-24-44-36(25-11-3-1-4-12-25,26-13-5-2-6-14-26)34(41)45-29-21-27-17-18-28(22-29)39(27)19-9-10-20-39/h1-6,11-14,27-31,33H,7-10,15-24H2,(H-,37,38,42)/p+1/t27?,28?,29?,30-,31-,33-/m0/s1. The molecule has 2 aromatic carbocycles. The van der Waals surface area contributed by atoms with E-state index in [4.69, 9.17) is 14.2 Å². The lowest BCUT2D eigenvalue weighted by Gasteiger charge is -2.47. The highest BCUT2D eigenvalue weighted by molar-refractivity contribution is 8.00. The lowest BCUT2D eigenvalue weighted by molar-refractivity contribution is -0.956. The number of unbranched alkanes of at least 4 members (excludes halogenated alkanes) is 1. The molecule has 5 fully saturated rings. The molecule has 9 nitrogen and oxygen atoms in total. The van der Waals surface area contributed by atoms with Crippen molar-refractivity contribution in [1.82, 2.24) is 10.6 Å². The average molecular weight is 649 g/mol. The number of hydrogen-bond donors (Lipinski definition) is 2. The number of nitrogens with one attached hydrogen (secondary N) is 2. The summed E-state index contributed by atoms with van der Waals surface area (Å²) in [6, 6.07) is 20.2. The monoisotopic (exact) mass is 648 g/mol. The maximum absolute atomic E-state index is 14.5. The van der Waals surface area contributed by atoms with Crippen molar-refractivity contribution in [3.8, 4) is 0 Å². The second-order valence-electron chi connectivity index (χ2n) is 13.7. The van der Waals surface area contributed by atoms with Crippen LogP contribution in [0.4, 0.5) is 4.79 Å². The molecule has 2 amide bonds. The van der Waals surface area contributed by atoms with Gasteiger partial charge >= 0.3 is 18.0 Å². The van der Waals surface area contributed by atoms with E-state index in [0.29, 0.717) is 34.9 Å². The third-order valence-electron chi connectivity index (χ3n) is 11.2. The molecule has 0 aliphatic carbocycles. The molecule has 10 heteroatoms. The lowest BCUT2D eigenvalue weighted by atomic mass is 9.85. The molecular formula is C36H46N3O6S+.